The molecule has 7 nitrogen and oxygen atoms in total. The number of nitrogen functional groups attached to an aromatic ring is 1. The highest BCUT2D eigenvalue weighted by molar-refractivity contribution is 7.27. The Labute approximate surface area is 184 Å². The Morgan fingerprint density at radius 1 is 1.20 bits per heavy atom. The minimum atomic E-state index is 0.294. The lowest BCUT2D eigenvalue weighted by atomic mass is 10.0. The molecule has 158 valence electrons. The van der Waals surface area contributed by atoms with Crippen LogP contribution in [0.2, 0.25) is 5.02 Å². The fraction of sp³-hybridized carbons (Fsp3) is 0.381. The summed E-state index contributed by atoms with van der Waals surface area (Å²) in [6, 6.07) is 10.8. The smallest absolute Gasteiger partial charge is 0.241 e. The molecule has 1 aromatic carbocycles. The molecule has 30 heavy (non-hydrogen) atoms. The van der Waals surface area contributed by atoms with Gasteiger partial charge in [0, 0.05) is 49.6 Å². The minimum absolute atomic E-state index is 0.294. The highest BCUT2D eigenvalue weighted by Gasteiger charge is 2.26. The van der Waals surface area contributed by atoms with Gasteiger partial charge in [-0.2, -0.15) is 4.98 Å². The van der Waals surface area contributed by atoms with Crippen LogP contribution in [0.3, 0.4) is 0 Å². The summed E-state index contributed by atoms with van der Waals surface area (Å²) in [4.78, 5) is 13.3. The summed E-state index contributed by atoms with van der Waals surface area (Å²) < 4.78 is 0. The molecule has 0 bridgehead atoms. The van der Waals surface area contributed by atoms with Gasteiger partial charge in [-0.25, -0.2) is 5.10 Å². The first-order valence-electron chi connectivity index (χ1n) is 10.2. The van der Waals surface area contributed by atoms with E-state index in [2.05, 4.69) is 57.4 Å². The van der Waals surface area contributed by atoms with Crippen LogP contribution >= 0.6 is 20.8 Å². The number of rotatable bonds is 7. The Kier molecular flexibility index (Phi) is 6.82. The molecule has 9 heteroatoms. The lowest BCUT2D eigenvalue weighted by Crippen LogP contribution is -2.46. The molecule has 0 radical (unpaired) electrons. The number of nitrogens with two attached hydrogens (primary N) is 1. The number of anilines is 2. The van der Waals surface area contributed by atoms with Crippen LogP contribution in [0.25, 0.3) is 0 Å². The molecule has 3 heterocycles. The largest absolute Gasteiger partial charge is 0.366 e. The number of aromatic nitrogens is 4. The molecule has 0 amide bonds. The monoisotopic (exact) mass is 443 g/mol. The molecule has 3 N–H and O–H groups in total. The number of halogens is 1. The number of piperidine rings is 1. The van der Waals surface area contributed by atoms with Gasteiger partial charge < -0.3 is 10.6 Å². The Hall–Kier alpha value is -2.21. The van der Waals surface area contributed by atoms with Crippen molar-refractivity contribution in [1.82, 2.24) is 25.1 Å². The average Bonchev–Trinajstić information content (AvgIpc) is 3.20. The number of nitrogens with one attached hydrogen (secondary N) is 1. The Morgan fingerprint density at radius 3 is 2.63 bits per heavy atom. The van der Waals surface area contributed by atoms with Gasteiger partial charge >= 0.3 is 0 Å². The number of aromatic amines is 1. The van der Waals surface area contributed by atoms with Crippen LogP contribution in [-0.4, -0.2) is 50.7 Å². The molecular formula is C21H27ClN7P. The van der Waals surface area contributed by atoms with Crippen molar-refractivity contribution in [2.24, 2.45) is 0 Å². The third kappa shape index (κ3) is 5.28. The zero-order valence-electron chi connectivity index (χ0n) is 16.8. The van der Waals surface area contributed by atoms with Gasteiger partial charge in [0.05, 0.1) is 0 Å². The van der Waals surface area contributed by atoms with Crippen molar-refractivity contribution in [3.8, 4) is 0 Å². The molecule has 4 rings (SSSR count). The number of pyridine rings is 1. The van der Waals surface area contributed by atoms with Crippen LogP contribution in [0.1, 0.15) is 24.0 Å². The van der Waals surface area contributed by atoms with E-state index in [1.165, 1.54) is 11.1 Å². The second-order valence-corrected chi connectivity index (χ2v) is 8.72. The quantitative estimate of drug-likeness (QED) is 0.546. The van der Waals surface area contributed by atoms with E-state index in [-0.39, 0.29) is 0 Å². The number of benzene rings is 1. The second kappa shape index (κ2) is 9.73. The van der Waals surface area contributed by atoms with Crippen molar-refractivity contribution >= 4 is 38.0 Å². The lowest BCUT2D eigenvalue weighted by molar-refractivity contribution is 0.162. The molecule has 1 aliphatic heterocycles. The van der Waals surface area contributed by atoms with Gasteiger partial charge in [-0.1, -0.05) is 23.7 Å². The van der Waals surface area contributed by atoms with Crippen LogP contribution in [0.4, 0.5) is 11.9 Å². The first-order chi connectivity index (χ1) is 14.6. The van der Waals surface area contributed by atoms with Crippen molar-refractivity contribution in [2.75, 3.05) is 30.3 Å². The van der Waals surface area contributed by atoms with E-state index in [0.717, 1.165) is 61.7 Å². The number of hydrogen-bond acceptors (Lipinski definition) is 6. The van der Waals surface area contributed by atoms with Crippen molar-refractivity contribution in [1.29, 1.82) is 0 Å². The maximum atomic E-state index is 6.04. The average molecular weight is 444 g/mol. The van der Waals surface area contributed by atoms with Crippen molar-refractivity contribution < 1.29 is 0 Å². The fourth-order valence-corrected chi connectivity index (χ4v) is 4.36. The van der Waals surface area contributed by atoms with Gasteiger partial charge in [0.2, 0.25) is 11.9 Å². The molecule has 0 aliphatic carbocycles. The molecule has 2 aromatic heterocycles. The van der Waals surface area contributed by atoms with Crippen LogP contribution < -0.4 is 15.9 Å². The van der Waals surface area contributed by atoms with Gasteiger partial charge in [0.25, 0.3) is 0 Å². The van der Waals surface area contributed by atoms with Crippen molar-refractivity contribution in [3.05, 3.63) is 58.9 Å². The van der Waals surface area contributed by atoms with E-state index in [4.69, 9.17) is 17.3 Å². The summed E-state index contributed by atoms with van der Waals surface area (Å²) in [5.41, 5.74) is 8.27. The molecule has 1 fully saturated rings. The molecule has 0 saturated carbocycles. The standard InChI is InChI=1S/C21H27ClN7P/c22-17-3-1-15(2-4-17)6-10-29(14-16-5-9-24-13-19(16)30)18-7-11-28(12-8-18)21-25-20(23)26-27-21/h1-5,9,13,18H,6-8,10-12,14,30H2,(H3,23,25,26,27). The van der Waals surface area contributed by atoms with E-state index in [1.54, 1.807) is 0 Å². The van der Waals surface area contributed by atoms with E-state index in [0.29, 0.717) is 12.0 Å². The molecule has 1 unspecified atom stereocenters. The first kappa shape index (κ1) is 21.0. The van der Waals surface area contributed by atoms with Gasteiger partial charge in [0.1, 0.15) is 0 Å². The third-order valence-electron chi connectivity index (χ3n) is 5.69. The summed E-state index contributed by atoms with van der Waals surface area (Å²) in [6.07, 6.45) is 6.91. The number of H-pyrrole nitrogens is 1. The molecular weight excluding hydrogens is 417 g/mol. The summed E-state index contributed by atoms with van der Waals surface area (Å²) in [5, 5.41) is 8.81. The van der Waals surface area contributed by atoms with Crippen LogP contribution in [-0.2, 0) is 13.0 Å². The Bertz CT molecular complexity index is 954. The van der Waals surface area contributed by atoms with E-state index >= 15 is 0 Å². The van der Waals surface area contributed by atoms with Gasteiger partial charge in [0.15, 0.2) is 0 Å². The number of nitrogens with zero attached hydrogens (tertiary/aromatic N) is 5. The predicted molar refractivity (Wildman–Crippen MR) is 125 cm³/mol. The molecule has 1 atom stereocenters. The molecule has 3 aromatic rings. The SMILES string of the molecule is Nc1n[nH]c(N2CCC(N(CCc3ccc(Cl)cc3)Cc3ccncc3P)CC2)n1. The first-order valence-corrected chi connectivity index (χ1v) is 11.1. The normalized spacial score (nSPS) is 15.1. The van der Waals surface area contributed by atoms with Gasteiger partial charge in [-0.05, 0) is 53.9 Å². The summed E-state index contributed by atoms with van der Waals surface area (Å²) in [7, 11) is 2.81. The zero-order chi connectivity index (χ0) is 20.9. The topological polar surface area (TPSA) is 87.0 Å². The number of hydrogen-bond donors (Lipinski definition) is 2. The van der Waals surface area contributed by atoms with E-state index < -0.39 is 0 Å². The van der Waals surface area contributed by atoms with Crippen LogP contribution in [0.5, 0.6) is 0 Å². The summed E-state index contributed by atoms with van der Waals surface area (Å²) in [6.45, 7) is 3.77. The molecule has 0 spiro atoms. The second-order valence-electron chi connectivity index (χ2n) is 7.66. The summed E-state index contributed by atoms with van der Waals surface area (Å²) in [5.74, 6) is 1.06. The van der Waals surface area contributed by atoms with E-state index in [9.17, 15) is 0 Å². The fourth-order valence-electron chi connectivity index (χ4n) is 3.96. The minimum Gasteiger partial charge on any atom is -0.366 e. The summed E-state index contributed by atoms with van der Waals surface area (Å²) >= 11 is 6.04. The third-order valence-corrected chi connectivity index (χ3v) is 6.46. The van der Waals surface area contributed by atoms with Crippen molar-refractivity contribution in [3.63, 3.8) is 0 Å². The van der Waals surface area contributed by atoms with E-state index in [1.807, 2.05) is 24.5 Å². The highest BCUT2D eigenvalue weighted by atomic mass is 35.5. The lowest BCUT2D eigenvalue weighted by Gasteiger charge is -2.38. The highest BCUT2D eigenvalue weighted by Crippen LogP contribution is 2.22. The maximum Gasteiger partial charge on any atom is 0.241 e. The van der Waals surface area contributed by atoms with Crippen molar-refractivity contribution in [2.45, 2.75) is 31.8 Å². The van der Waals surface area contributed by atoms with Crippen LogP contribution in [0, 0.1) is 0 Å². The van der Waals surface area contributed by atoms with Gasteiger partial charge in [-0.15, -0.1) is 14.3 Å². The Morgan fingerprint density at radius 2 is 1.97 bits per heavy atom. The Balaban J connectivity index is 1.44. The molecule has 1 aliphatic rings. The van der Waals surface area contributed by atoms with Crippen LogP contribution in [0.15, 0.2) is 42.7 Å². The predicted octanol–water partition coefficient (Wildman–Crippen LogP) is 2.65. The van der Waals surface area contributed by atoms with Gasteiger partial charge in [-0.3, -0.25) is 9.88 Å². The molecule has 1 saturated heterocycles. The zero-order valence-corrected chi connectivity index (χ0v) is 18.7. The maximum absolute atomic E-state index is 6.04.